The van der Waals surface area contributed by atoms with Crippen LogP contribution in [0.1, 0.15) is 35.6 Å². The molecule has 3 nitrogen and oxygen atoms in total. The van der Waals surface area contributed by atoms with E-state index in [9.17, 15) is 0 Å². The van der Waals surface area contributed by atoms with Crippen molar-refractivity contribution in [3.63, 3.8) is 0 Å². The van der Waals surface area contributed by atoms with Gasteiger partial charge in [-0.15, -0.1) is 0 Å². The fourth-order valence-corrected chi connectivity index (χ4v) is 5.78. The number of para-hydroxylation sites is 1. The summed E-state index contributed by atoms with van der Waals surface area (Å²) in [6, 6.07) is 29.0. The number of rotatable bonds is 6. The molecular weight excluding hydrogens is 454 g/mol. The molecule has 4 N–H and O–H groups in total. The predicted molar refractivity (Wildman–Crippen MR) is 152 cm³/mol. The van der Waals surface area contributed by atoms with Crippen LogP contribution in [-0.2, 0) is 18.5 Å². The molecule has 0 radical (unpaired) electrons. The van der Waals surface area contributed by atoms with Crippen molar-refractivity contribution < 1.29 is 0 Å². The molecule has 1 aliphatic rings. The number of fused-ring (bicyclic) bond motifs is 2. The molecule has 1 unspecified atom stereocenters. The molecule has 1 atom stereocenters. The minimum Gasteiger partial charge on any atom is -0.399 e. The van der Waals surface area contributed by atoms with Crippen molar-refractivity contribution in [2.45, 2.75) is 31.8 Å². The monoisotopic (exact) mass is 481 g/mol. The Bertz CT molecular complexity index is 1420. The van der Waals surface area contributed by atoms with Gasteiger partial charge in [0.1, 0.15) is 4.99 Å². The van der Waals surface area contributed by atoms with Gasteiger partial charge in [0.15, 0.2) is 0 Å². The zero-order valence-electron chi connectivity index (χ0n) is 19.1. The highest BCUT2D eigenvalue weighted by atomic mass is 32.1. The van der Waals surface area contributed by atoms with E-state index < -0.39 is 5.54 Å². The number of hydrogen-bond acceptors (Lipinski definition) is 4. The summed E-state index contributed by atoms with van der Waals surface area (Å²) in [6.07, 6.45) is 1.33. The van der Waals surface area contributed by atoms with Crippen LogP contribution >= 0.6 is 24.4 Å². The van der Waals surface area contributed by atoms with E-state index in [0.29, 0.717) is 18.0 Å². The Hall–Kier alpha value is -3.12. The number of hydrogen-bond donors (Lipinski definition) is 2. The highest BCUT2D eigenvalue weighted by molar-refractivity contribution is 7.81. The zero-order chi connectivity index (χ0) is 23.9. The molecule has 170 valence electrons. The van der Waals surface area contributed by atoms with Crippen LogP contribution in [0.5, 0.6) is 0 Å². The summed E-state index contributed by atoms with van der Waals surface area (Å²) >= 11 is 12.0. The molecule has 1 aliphatic heterocycles. The number of anilines is 2. The summed E-state index contributed by atoms with van der Waals surface area (Å²) in [5, 5.41) is 2.44. The first-order valence-corrected chi connectivity index (χ1v) is 12.3. The first-order chi connectivity index (χ1) is 16.4. The second-order valence-corrected chi connectivity index (χ2v) is 9.77. The molecule has 0 aliphatic carbocycles. The lowest BCUT2D eigenvalue weighted by molar-refractivity contribution is 0.653. The molecule has 0 spiro atoms. The second-order valence-electron chi connectivity index (χ2n) is 8.89. The van der Waals surface area contributed by atoms with Gasteiger partial charge in [-0.25, -0.2) is 0 Å². The molecule has 5 rings (SSSR count). The quantitative estimate of drug-likeness (QED) is 0.192. The molecule has 0 saturated heterocycles. The summed E-state index contributed by atoms with van der Waals surface area (Å²) in [7, 11) is 0. The average Bonchev–Trinajstić information content (AvgIpc) is 3.06. The van der Waals surface area contributed by atoms with Gasteiger partial charge in [0.25, 0.3) is 0 Å². The average molecular weight is 482 g/mol. The minimum atomic E-state index is -0.847. The number of nitrogen functional groups attached to an aromatic ring is 1. The number of thiocarbonyl (C=S) groups is 2. The highest BCUT2D eigenvalue weighted by Gasteiger charge is 2.45. The summed E-state index contributed by atoms with van der Waals surface area (Å²) in [6.45, 7) is 2.77. The topological polar surface area (TPSA) is 55.3 Å². The van der Waals surface area contributed by atoms with Gasteiger partial charge in [-0.3, -0.25) is 0 Å². The first-order valence-electron chi connectivity index (χ1n) is 11.5. The first kappa shape index (κ1) is 22.7. The van der Waals surface area contributed by atoms with Crippen molar-refractivity contribution in [1.82, 2.24) is 0 Å². The van der Waals surface area contributed by atoms with Gasteiger partial charge in [-0.05, 0) is 52.1 Å². The van der Waals surface area contributed by atoms with Crippen LogP contribution in [0.15, 0.2) is 84.9 Å². The van der Waals surface area contributed by atoms with E-state index in [-0.39, 0.29) is 0 Å². The fraction of sp³-hybridized carbons (Fsp3) is 0.172. The van der Waals surface area contributed by atoms with Crippen LogP contribution in [-0.4, -0.2) is 9.85 Å². The molecule has 0 aromatic heterocycles. The van der Waals surface area contributed by atoms with E-state index >= 15 is 0 Å². The molecular formula is C29H27N3S2. The third-order valence-electron chi connectivity index (χ3n) is 6.76. The highest BCUT2D eigenvalue weighted by Crippen LogP contribution is 2.43. The Morgan fingerprint density at radius 3 is 2.47 bits per heavy atom. The molecule has 1 heterocycles. The van der Waals surface area contributed by atoms with Crippen molar-refractivity contribution in [1.29, 1.82) is 0 Å². The number of nitrogens with two attached hydrogens (primary N) is 2. The van der Waals surface area contributed by atoms with E-state index in [2.05, 4.69) is 66.4 Å². The van der Waals surface area contributed by atoms with Crippen LogP contribution in [0, 0.1) is 0 Å². The van der Waals surface area contributed by atoms with Crippen LogP contribution in [0.4, 0.5) is 11.4 Å². The van der Waals surface area contributed by atoms with Crippen LogP contribution in [0.25, 0.3) is 10.8 Å². The Kier molecular flexibility index (Phi) is 5.94. The largest absolute Gasteiger partial charge is 0.399 e. The Morgan fingerprint density at radius 1 is 0.912 bits per heavy atom. The molecule has 0 saturated carbocycles. The van der Waals surface area contributed by atoms with E-state index in [1.807, 2.05) is 30.3 Å². The van der Waals surface area contributed by atoms with Crippen molar-refractivity contribution in [2.24, 2.45) is 5.73 Å². The second kappa shape index (κ2) is 8.91. The van der Waals surface area contributed by atoms with Crippen LogP contribution in [0.3, 0.4) is 0 Å². The Balaban J connectivity index is 1.52. The lowest BCUT2D eigenvalue weighted by atomic mass is 9.85. The molecule has 4 aromatic carbocycles. The molecule has 0 bridgehead atoms. The third kappa shape index (κ3) is 3.80. The molecule has 34 heavy (non-hydrogen) atoms. The van der Waals surface area contributed by atoms with Gasteiger partial charge in [0.05, 0.1) is 5.54 Å². The van der Waals surface area contributed by atoms with Crippen molar-refractivity contribution in [2.75, 3.05) is 10.6 Å². The molecule has 0 fully saturated rings. The molecule has 0 amide bonds. The van der Waals surface area contributed by atoms with Gasteiger partial charge >= 0.3 is 0 Å². The smallest absolute Gasteiger partial charge is 0.108 e. The van der Waals surface area contributed by atoms with Gasteiger partial charge in [0, 0.05) is 34.8 Å². The maximum atomic E-state index is 7.14. The summed E-state index contributed by atoms with van der Waals surface area (Å²) in [4.78, 5) is 3.69. The Labute approximate surface area is 211 Å². The van der Waals surface area contributed by atoms with E-state index in [4.69, 9.17) is 35.9 Å². The third-order valence-corrected chi connectivity index (χ3v) is 7.71. The Morgan fingerprint density at radius 2 is 1.65 bits per heavy atom. The lowest BCUT2D eigenvalue weighted by Crippen LogP contribution is -2.47. The van der Waals surface area contributed by atoms with E-state index in [0.717, 1.165) is 39.4 Å². The SMILES string of the molecule is CCc1cc(N)ccc1C(=S)CC1(N)C(=S)N(Cc2cccc3ccccc23)c2ccccc21. The van der Waals surface area contributed by atoms with Crippen LogP contribution < -0.4 is 16.4 Å². The zero-order valence-corrected chi connectivity index (χ0v) is 20.8. The van der Waals surface area contributed by atoms with Crippen molar-refractivity contribution >= 4 is 56.4 Å². The summed E-state index contributed by atoms with van der Waals surface area (Å²) in [5.41, 5.74) is 18.5. The van der Waals surface area contributed by atoms with Crippen molar-refractivity contribution in [3.8, 4) is 0 Å². The summed E-state index contributed by atoms with van der Waals surface area (Å²) < 4.78 is 0. The maximum absolute atomic E-state index is 7.14. The van der Waals surface area contributed by atoms with E-state index in [1.54, 1.807) is 0 Å². The van der Waals surface area contributed by atoms with Gasteiger partial charge in [-0.2, -0.15) is 0 Å². The molecule has 4 aromatic rings. The lowest BCUT2D eigenvalue weighted by Gasteiger charge is -2.28. The van der Waals surface area contributed by atoms with Gasteiger partial charge in [-0.1, -0.05) is 98.1 Å². The number of benzene rings is 4. The normalized spacial score (nSPS) is 17.2. The standard InChI is InChI=1S/C29H27N3S2/c1-2-19-16-22(30)14-15-24(19)27(33)17-29(31)25-12-5-6-13-26(25)32(28(29)34)18-21-10-7-9-20-8-3-4-11-23(20)21/h3-16H,2,17-18,30-31H2,1H3. The van der Waals surface area contributed by atoms with Crippen LogP contribution in [0.2, 0.25) is 0 Å². The fourth-order valence-electron chi connectivity index (χ4n) is 5.01. The molecule has 5 heteroatoms. The predicted octanol–water partition coefficient (Wildman–Crippen LogP) is 6.29. The number of nitrogens with zero attached hydrogens (tertiary/aromatic N) is 1. The van der Waals surface area contributed by atoms with Crippen molar-refractivity contribution in [3.05, 3.63) is 107 Å². The van der Waals surface area contributed by atoms with E-state index in [1.165, 1.54) is 16.3 Å². The minimum absolute atomic E-state index is 0.473. The maximum Gasteiger partial charge on any atom is 0.108 e. The number of aryl methyl sites for hydroxylation is 1. The van der Waals surface area contributed by atoms with Gasteiger partial charge in [0.2, 0.25) is 0 Å². The van der Waals surface area contributed by atoms with Gasteiger partial charge < -0.3 is 16.4 Å². The summed E-state index contributed by atoms with van der Waals surface area (Å²) in [5.74, 6) is 0.